The van der Waals surface area contributed by atoms with Crippen LogP contribution in [0.3, 0.4) is 0 Å². The molecule has 154 valence electrons. The molecule has 0 saturated heterocycles. The van der Waals surface area contributed by atoms with E-state index in [4.69, 9.17) is 16.3 Å². The first-order valence-corrected chi connectivity index (χ1v) is 10.2. The van der Waals surface area contributed by atoms with E-state index in [9.17, 15) is 9.18 Å². The van der Waals surface area contributed by atoms with Gasteiger partial charge in [0.05, 0.1) is 18.2 Å². The Bertz CT molecular complexity index is 1030. The van der Waals surface area contributed by atoms with Gasteiger partial charge in [-0.2, -0.15) is 0 Å². The minimum Gasteiger partial charge on any atom is -0.489 e. The second-order valence-corrected chi connectivity index (χ2v) is 7.67. The SMILES string of the molecule is O=C(C[C@H]1COc2ccccc2N1Cc1ccc(F)cc1)NCc1ccccc1Cl. The number of hydrogen-bond donors (Lipinski definition) is 1. The highest BCUT2D eigenvalue weighted by Gasteiger charge is 2.29. The molecule has 0 fully saturated rings. The molecule has 1 atom stereocenters. The van der Waals surface area contributed by atoms with Crippen LogP contribution < -0.4 is 15.0 Å². The van der Waals surface area contributed by atoms with Gasteiger partial charge in [-0.05, 0) is 41.5 Å². The third-order valence-electron chi connectivity index (χ3n) is 5.17. The van der Waals surface area contributed by atoms with Gasteiger partial charge in [0.15, 0.2) is 0 Å². The molecule has 3 aromatic rings. The number of halogens is 2. The number of carbonyl (C=O) groups is 1. The number of nitrogens with one attached hydrogen (secondary N) is 1. The third-order valence-corrected chi connectivity index (χ3v) is 5.54. The first-order valence-electron chi connectivity index (χ1n) is 9.83. The van der Waals surface area contributed by atoms with Gasteiger partial charge in [0.2, 0.25) is 5.91 Å². The summed E-state index contributed by atoms with van der Waals surface area (Å²) in [7, 11) is 0. The number of carbonyl (C=O) groups excluding carboxylic acids is 1. The second kappa shape index (κ2) is 9.18. The fourth-order valence-corrected chi connectivity index (χ4v) is 3.78. The number of benzene rings is 3. The molecular weight excluding hydrogens is 403 g/mol. The van der Waals surface area contributed by atoms with Crippen molar-refractivity contribution >= 4 is 23.2 Å². The van der Waals surface area contributed by atoms with Crippen LogP contribution in [-0.4, -0.2) is 18.6 Å². The standard InChI is InChI=1S/C24H22ClFN2O2/c25-21-6-2-1-5-18(21)14-27-24(29)13-20-16-30-23-8-4-3-7-22(23)28(20)15-17-9-11-19(26)12-10-17/h1-12,20H,13-16H2,(H,27,29)/t20-/m0/s1. The molecule has 0 saturated carbocycles. The molecule has 0 radical (unpaired) electrons. The van der Waals surface area contributed by atoms with Gasteiger partial charge >= 0.3 is 0 Å². The molecule has 0 aliphatic carbocycles. The van der Waals surface area contributed by atoms with E-state index in [0.717, 1.165) is 22.6 Å². The number of nitrogens with zero attached hydrogens (tertiary/aromatic N) is 1. The zero-order chi connectivity index (χ0) is 20.9. The molecule has 6 heteroatoms. The summed E-state index contributed by atoms with van der Waals surface area (Å²) in [5.74, 6) is 0.441. The number of ether oxygens (including phenoxy) is 1. The molecule has 4 rings (SSSR count). The number of amides is 1. The largest absolute Gasteiger partial charge is 0.489 e. The molecule has 1 heterocycles. The molecule has 0 unspecified atom stereocenters. The lowest BCUT2D eigenvalue weighted by molar-refractivity contribution is -0.121. The Morgan fingerprint density at radius 1 is 1.07 bits per heavy atom. The highest BCUT2D eigenvalue weighted by molar-refractivity contribution is 6.31. The minimum absolute atomic E-state index is 0.0768. The Morgan fingerprint density at radius 2 is 1.80 bits per heavy atom. The van der Waals surface area contributed by atoms with E-state index in [1.807, 2.05) is 42.5 Å². The van der Waals surface area contributed by atoms with Crippen LogP contribution in [-0.2, 0) is 17.9 Å². The number of anilines is 1. The minimum atomic E-state index is -0.267. The van der Waals surface area contributed by atoms with Crippen LogP contribution in [0.25, 0.3) is 0 Å². The summed E-state index contributed by atoms with van der Waals surface area (Å²) in [5, 5.41) is 3.58. The van der Waals surface area contributed by atoms with Gasteiger partial charge in [-0.3, -0.25) is 4.79 Å². The lowest BCUT2D eigenvalue weighted by Gasteiger charge is -2.38. The molecule has 3 aromatic carbocycles. The van der Waals surface area contributed by atoms with E-state index in [0.29, 0.717) is 24.7 Å². The van der Waals surface area contributed by atoms with Crippen molar-refractivity contribution in [3.05, 3.63) is 94.8 Å². The maximum absolute atomic E-state index is 13.3. The van der Waals surface area contributed by atoms with Crippen LogP contribution >= 0.6 is 11.6 Å². The summed E-state index contributed by atoms with van der Waals surface area (Å²) >= 11 is 6.17. The maximum atomic E-state index is 13.3. The quantitative estimate of drug-likeness (QED) is 0.608. The van der Waals surface area contributed by atoms with E-state index in [-0.39, 0.29) is 24.2 Å². The lowest BCUT2D eigenvalue weighted by atomic mass is 10.1. The van der Waals surface area contributed by atoms with Gasteiger partial charge in [0.25, 0.3) is 0 Å². The topological polar surface area (TPSA) is 41.6 Å². The zero-order valence-electron chi connectivity index (χ0n) is 16.4. The van der Waals surface area contributed by atoms with Crippen molar-refractivity contribution in [2.24, 2.45) is 0 Å². The van der Waals surface area contributed by atoms with Gasteiger partial charge < -0.3 is 15.0 Å². The van der Waals surface area contributed by atoms with Gasteiger partial charge in [-0.15, -0.1) is 0 Å². The van der Waals surface area contributed by atoms with Crippen LogP contribution in [0.5, 0.6) is 5.75 Å². The Morgan fingerprint density at radius 3 is 2.60 bits per heavy atom. The monoisotopic (exact) mass is 424 g/mol. The van der Waals surface area contributed by atoms with E-state index in [1.165, 1.54) is 12.1 Å². The molecule has 0 bridgehead atoms. The summed E-state index contributed by atoms with van der Waals surface area (Å²) in [5.41, 5.74) is 2.77. The normalized spacial score (nSPS) is 15.3. The first-order chi connectivity index (χ1) is 14.6. The Balaban J connectivity index is 1.48. The highest BCUT2D eigenvalue weighted by Crippen LogP contribution is 2.35. The average Bonchev–Trinajstić information content (AvgIpc) is 2.76. The average molecular weight is 425 g/mol. The van der Waals surface area contributed by atoms with Crippen LogP contribution in [0.15, 0.2) is 72.8 Å². The van der Waals surface area contributed by atoms with Crippen molar-refractivity contribution in [1.82, 2.24) is 5.32 Å². The summed E-state index contributed by atoms with van der Waals surface area (Å²) in [6.45, 7) is 1.33. The van der Waals surface area contributed by atoms with Crippen LogP contribution in [0.1, 0.15) is 17.5 Å². The Kier molecular flexibility index (Phi) is 6.19. The first kappa shape index (κ1) is 20.2. The summed E-state index contributed by atoms with van der Waals surface area (Å²) in [6.07, 6.45) is 0.278. The predicted molar refractivity (Wildman–Crippen MR) is 116 cm³/mol. The molecular formula is C24H22ClFN2O2. The van der Waals surface area contributed by atoms with Crippen molar-refractivity contribution in [2.45, 2.75) is 25.6 Å². The van der Waals surface area contributed by atoms with E-state index >= 15 is 0 Å². The molecule has 1 aliphatic rings. The van der Waals surface area contributed by atoms with Crippen molar-refractivity contribution < 1.29 is 13.9 Å². The number of rotatable bonds is 6. The maximum Gasteiger partial charge on any atom is 0.222 e. The lowest BCUT2D eigenvalue weighted by Crippen LogP contribution is -2.45. The molecule has 1 amide bonds. The predicted octanol–water partition coefficient (Wildman–Crippen LogP) is 4.95. The number of fused-ring (bicyclic) bond motifs is 1. The highest BCUT2D eigenvalue weighted by atomic mass is 35.5. The van der Waals surface area contributed by atoms with Crippen molar-refractivity contribution in [3.63, 3.8) is 0 Å². The molecule has 0 spiro atoms. The van der Waals surface area contributed by atoms with Gasteiger partial charge in [-0.1, -0.05) is 54.1 Å². The van der Waals surface area contributed by atoms with Crippen molar-refractivity contribution in [1.29, 1.82) is 0 Å². The number of para-hydroxylation sites is 2. The van der Waals surface area contributed by atoms with Gasteiger partial charge in [-0.25, -0.2) is 4.39 Å². The van der Waals surface area contributed by atoms with Crippen LogP contribution in [0.2, 0.25) is 5.02 Å². The van der Waals surface area contributed by atoms with Gasteiger partial charge in [0.1, 0.15) is 18.2 Å². The van der Waals surface area contributed by atoms with E-state index in [1.54, 1.807) is 18.2 Å². The Labute approximate surface area is 180 Å². The van der Waals surface area contributed by atoms with Crippen molar-refractivity contribution in [3.8, 4) is 5.75 Å². The molecule has 1 aliphatic heterocycles. The van der Waals surface area contributed by atoms with E-state index < -0.39 is 0 Å². The summed E-state index contributed by atoms with van der Waals surface area (Å²) in [6, 6.07) is 21.5. The number of hydrogen-bond acceptors (Lipinski definition) is 3. The second-order valence-electron chi connectivity index (χ2n) is 7.26. The fraction of sp³-hybridized carbons (Fsp3) is 0.208. The molecule has 1 N–H and O–H groups in total. The Hall–Kier alpha value is -3.05. The molecule has 0 aromatic heterocycles. The summed E-state index contributed by atoms with van der Waals surface area (Å²) in [4.78, 5) is 14.8. The van der Waals surface area contributed by atoms with Gasteiger partial charge in [0, 0.05) is 18.1 Å². The fourth-order valence-electron chi connectivity index (χ4n) is 3.58. The smallest absolute Gasteiger partial charge is 0.222 e. The summed E-state index contributed by atoms with van der Waals surface area (Å²) < 4.78 is 19.2. The van der Waals surface area contributed by atoms with Crippen LogP contribution in [0, 0.1) is 5.82 Å². The third kappa shape index (κ3) is 4.74. The van der Waals surface area contributed by atoms with Crippen LogP contribution in [0.4, 0.5) is 10.1 Å². The molecule has 4 nitrogen and oxygen atoms in total. The van der Waals surface area contributed by atoms with E-state index in [2.05, 4.69) is 10.2 Å². The van der Waals surface area contributed by atoms with Crippen molar-refractivity contribution in [2.75, 3.05) is 11.5 Å². The molecule has 30 heavy (non-hydrogen) atoms. The zero-order valence-corrected chi connectivity index (χ0v) is 17.1.